The Balaban J connectivity index is -0.000000209. The highest BCUT2D eigenvalue weighted by molar-refractivity contribution is 4.44. The van der Waals surface area contributed by atoms with Crippen LogP contribution in [-0.4, -0.2) is 81.0 Å². The fraction of sp³-hybridized carbons (Fsp3) is 1.00. The second-order valence-electron chi connectivity index (χ2n) is 3.91. The molecule has 7 N–H and O–H groups in total. The molecule has 0 aliphatic carbocycles. The zero-order valence-corrected chi connectivity index (χ0v) is 11.6. The summed E-state index contributed by atoms with van der Waals surface area (Å²) in [7, 11) is 0. The molecule has 0 rings (SSSR count). The average molecular weight is 286 g/mol. The zero-order valence-electron chi connectivity index (χ0n) is 11.6. The van der Waals surface area contributed by atoms with E-state index in [1.54, 1.807) is 0 Å². The van der Waals surface area contributed by atoms with Crippen LogP contribution in [0, 0.1) is 0 Å². The van der Waals surface area contributed by atoms with Gasteiger partial charge in [0.2, 0.25) is 0 Å². The van der Waals surface area contributed by atoms with E-state index in [1.807, 2.05) is 0 Å². The van der Waals surface area contributed by atoms with Crippen LogP contribution in [0.25, 0.3) is 0 Å². The predicted molar refractivity (Wildman–Crippen MR) is 71.6 cm³/mol. The van der Waals surface area contributed by atoms with Crippen LogP contribution >= 0.6 is 0 Å². The van der Waals surface area contributed by atoms with Crippen LogP contribution in [-0.2, 0) is 0 Å². The van der Waals surface area contributed by atoms with Crippen molar-refractivity contribution in [3.63, 3.8) is 0 Å². The van der Waals surface area contributed by atoms with Crippen LogP contribution in [0.15, 0.2) is 0 Å². The highest BCUT2D eigenvalue weighted by atomic mass is 16.3. The first kappa shape index (κ1) is 23.8. The fourth-order valence-corrected chi connectivity index (χ4v) is 0.635. The Hall–Kier alpha value is -0.280. The van der Waals surface area contributed by atoms with Crippen LogP contribution in [0.4, 0.5) is 0 Å². The molecule has 7 nitrogen and oxygen atoms in total. The van der Waals surface area contributed by atoms with Crippen molar-refractivity contribution < 1.29 is 35.7 Å². The van der Waals surface area contributed by atoms with Gasteiger partial charge < -0.3 is 35.7 Å². The Labute approximate surface area is 114 Å². The van der Waals surface area contributed by atoms with Crippen molar-refractivity contribution >= 4 is 0 Å². The molecule has 1 atom stereocenters. The van der Waals surface area contributed by atoms with Crippen molar-refractivity contribution in [2.75, 3.05) is 33.0 Å². The van der Waals surface area contributed by atoms with Crippen LogP contribution in [0.2, 0.25) is 0 Å². The van der Waals surface area contributed by atoms with Crippen LogP contribution < -0.4 is 0 Å². The SMILES string of the molecule is CC(O)CO.OCC(O)CO.OCCCCCCO. The van der Waals surface area contributed by atoms with E-state index < -0.39 is 12.2 Å². The minimum absolute atomic E-state index is 0.139. The van der Waals surface area contributed by atoms with Crippen LogP contribution in [0.3, 0.4) is 0 Å². The number of aliphatic hydroxyl groups excluding tert-OH is 7. The van der Waals surface area contributed by atoms with Gasteiger partial charge in [-0.2, -0.15) is 0 Å². The molecule has 0 heterocycles. The molecule has 7 heteroatoms. The lowest BCUT2D eigenvalue weighted by Crippen LogP contribution is -2.15. The third-order valence-corrected chi connectivity index (χ3v) is 1.75. The molecular formula is C12H30O7. The zero-order chi connectivity index (χ0) is 15.5. The summed E-state index contributed by atoms with van der Waals surface area (Å²) in [6.45, 7) is 1.23. The van der Waals surface area contributed by atoms with E-state index in [-0.39, 0.29) is 33.0 Å². The summed E-state index contributed by atoms with van der Waals surface area (Å²) in [5, 5.41) is 56.6. The Morgan fingerprint density at radius 1 is 0.632 bits per heavy atom. The van der Waals surface area contributed by atoms with Gasteiger partial charge in [0.1, 0.15) is 6.10 Å². The summed E-state index contributed by atoms with van der Waals surface area (Å²) >= 11 is 0. The molecule has 0 spiro atoms. The smallest absolute Gasteiger partial charge is 0.100 e. The van der Waals surface area contributed by atoms with Crippen molar-refractivity contribution in [1.29, 1.82) is 0 Å². The summed E-state index contributed by atoms with van der Waals surface area (Å²) in [6, 6.07) is 0. The minimum Gasteiger partial charge on any atom is -0.396 e. The highest BCUT2D eigenvalue weighted by Crippen LogP contribution is 1.96. The molecule has 0 saturated carbocycles. The van der Waals surface area contributed by atoms with Gasteiger partial charge in [-0.3, -0.25) is 0 Å². The monoisotopic (exact) mass is 286 g/mol. The van der Waals surface area contributed by atoms with E-state index in [0.29, 0.717) is 0 Å². The Morgan fingerprint density at radius 2 is 0.947 bits per heavy atom. The molecule has 0 aromatic heterocycles. The van der Waals surface area contributed by atoms with E-state index in [2.05, 4.69) is 0 Å². The first-order valence-corrected chi connectivity index (χ1v) is 6.40. The largest absolute Gasteiger partial charge is 0.396 e. The van der Waals surface area contributed by atoms with Crippen molar-refractivity contribution in [2.24, 2.45) is 0 Å². The van der Waals surface area contributed by atoms with Gasteiger partial charge in [-0.15, -0.1) is 0 Å². The Morgan fingerprint density at radius 3 is 1.05 bits per heavy atom. The number of unbranched alkanes of at least 4 members (excludes halogenated alkanes) is 3. The second kappa shape index (κ2) is 22.9. The maximum absolute atomic E-state index is 8.30. The third-order valence-electron chi connectivity index (χ3n) is 1.75. The first-order chi connectivity index (χ1) is 8.99. The fourth-order valence-electron chi connectivity index (χ4n) is 0.635. The lowest BCUT2D eigenvalue weighted by Gasteiger charge is -1.96. The molecule has 0 aromatic carbocycles. The number of aliphatic hydroxyl groups is 7. The van der Waals surface area contributed by atoms with Gasteiger partial charge in [-0.05, 0) is 19.8 Å². The molecule has 1 unspecified atom stereocenters. The first-order valence-electron chi connectivity index (χ1n) is 6.40. The summed E-state index contributed by atoms with van der Waals surface area (Å²) in [5.41, 5.74) is 0. The Kier molecular flexibility index (Phi) is 28.6. The summed E-state index contributed by atoms with van der Waals surface area (Å²) in [5.74, 6) is 0. The number of rotatable bonds is 8. The molecule has 19 heavy (non-hydrogen) atoms. The quantitative estimate of drug-likeness (QED) is 0.262. The summed E-state index contributed by atoms with van der Waals surface area (Å²) in [4.78, 5) is 0. The molecule has 0 aliphatic heterocycles. The van der Waals surface area contributed by atoms with Crippen LogP contribution in [0.1, 0.15) is 32.6 Å². The van der Waals surface area contributed by atoms with E-state index in [4.69, 9.17) is 35.7 Å². The maximum atomic E-state index is 8.30. The average Bonchev–Trinajstić information content (AvgIpc) is 2.44. The maximum Gasteiger partial charge on any atom is 0.100 e. The summed E-state index contributed by atoms with van der Waals surface area (Å²) < 4.78 is 0. The van der Waals surface area contributed by atoms with Gasteiger partial charge >= 0.3 is 0 Å². The highest BCUT2D eigenvalue weighted by Gasteiger charge is 1.93. The van der Waals surface area contributed by atoms with Crippen molar-refractivity contribution in [2.45, 2.75) is 44.8 Å². The molecule has 0 bridgehead atoms. The second-order valence-corrected chi connectivity index (χ2v) is 3.91. The molecule has 0 saturated heterocycles. The van der Waals surface area contributed by atoms with Gasteiger partial charge in [0, 0.05) is 13.2 Å². The number of hydrogen-bond donors (Lipinski definition) is 7. The van der Waals surface area contributed by atoms with Crippen LogP contribution in [0.5, 0.6) is 0 Å². The van der Waals surface area contributed by atoms with Gasteiger partial charge in [-0.1, -0.05) is 12.8 Å². The van der Waals surface area contributed by atoms with Gasteiger partial charge in [0.05, 0.1) is 25.9 Å². The van der Waals surface area contributed by atoms with E-state index in [0.717, 1.165) is 25.7 Å². The van der Waals surface area contributed by atoms with Crippen molar-refractivity contribution in [1.82, 2.24) is 0 Å². The van der Waals surface area contributed by atoms with Crippen molar-refractivity contribution in [3.8, 4) is 0 Å². The van der Waals surface area contributed by atoms with E-state index >= 15 is 0 Å². The van der Waals surface area contributed by atoms with Crippen molar-refractivity contribution in [3.05, 3.63) is 0 Å². The minimum atomic E-state index is -0.954. The van der Waals surface area contributed by atoms with E-state index in [1.165, 1.54) is 6.92 Å². The normalized spacial score (nSPS) is 11.2. The third kappa shape index (κ3) is 38.1. The van der Waals surface area contributed by atoms with Gasteiger partial charge in [0.15, 0.2) is 0 Å². The molecule has 0 aromatic rings. The molecule has 0 fully saturated rings. The standard InChI is InChI=1S/C6H14O2.C3H8O3.C3H8O2/c7-5-3-1-2-4-6-8;4-1-3(6)2-5;1-3(5)2-4/h7-8H,1-6H2;3-6H,1-2H2;3-5H,2H2,1H3. The lowest BCUT2D eigenvalue weighted by molar-refractivity contribution is 0.0450. The summed E-state index contributed by atoms with van der Waals surface area (Å²) in [6.07, 6.45) is 2.31. The van der Waals surface area contributed by atoms with Gasteiger partial charge in [-0.25, -0.2) is 0 Å². The molecule has 0 radical (unpaired) electrons. The van der Waals surface area contributed by atoms with Gasteiger partial charge in [0.25, 0.3) is 0 Å². The molecular weight excluding hydrogens is 256 g/mol. The topological polar surface area (TPSA) is 142 Å². The molecule has 120 valence electrons. The lowest BCUT2D eigenvalue weighted by atomic mass is 10.2. The Bertz CT molecular complexity index is 123. The number of hydrogen-bond acceptors (Lipinski definition) is 7. The predicted octanol–water partition coefficient (Wildman–Crippen LogP) is -1.78. The molecule has 0 amide bonds. The molecule has 0 aliphatic rings. The van der Waals surface area contributed by atoms with E-state index in [9.17, 15) is 0 Å².